The number of hydrogen-bond acceptors (Lipinski definition) is 4. The number of nitrogens with one attached hydrogen (secondary N) is 1. The first-order chi connectivity index (χ1) is 10.7. The molecule has 0 radical (unpaired) electrons. The first-order valence-electron chi connectivity index (χ1n) is 7.96. The zero-order valence-electron chi connectivity index (χ0n) is 13.8. The van der Waals surface area contributed by atoms with Crippen molar-refractivity contribution < 1.29 is 14.3 Å². The molecule has 1 aromatic rings. The van der Waals surface area contributed by atoms with Gasteiger partial charge in [-0.1, -0.05) is 0 Å². The van der Waals surface area contributed by atoms with Gasteiger partial charge in [-0.2, -0.15) is 0 Å². The number of nitrogens with zero attached hydrogens (tertiary/aromatic N) is 1. The molecular formula is C17H25ClN2O3. The minimum absolute atomic E-state index is 0. The van der Waals surface area contributed by atoms with Crippen LogP contribution in [-0.2, 0) is 17.8 Å². The molecule has 0 bridgehead atoms. The summed E-state index contributed by atoms with van der Waals surface area (Å²) < 4.78 is 10.7. The average Bonchev–Trinajstić information content (AvgIpc) is 2.60. The first kappa shape index (κ1) is 17.9. The lowest BCUT2D eigenvalue weighted by atomic mass is 9.94. The standard InChI is InChI=1S/C17H24N2O3.ClH/c1-21-15-8-12-5-7-19(11-14(12)9-16(15)22-2)17(20)13-4-3-6-18-10-13;/h8-9,13,18H,3-7,10-11H2,1-2H3;1H/t13-;/m1./s1. The van der Waals surface area contributed by atoms with E-state index in [0.29, 0.717) is 6.54 Å². The van der Waals surface area contributed by atoms with Crippen molar-refractivity contribution in [3.05, 3.63) is 23.3 Å². The normalized spacial score (nSPS) is 20.3. The number of rotatable bonds is 3. The molecule has 0 unspecified atom stereocenters. The van der Waals surface area contributed by atoms with Gasteiger partial charge in [0.15, 0.2) is 11.5 Å². The summed E-state index contributed by atoms with van der Waals surface area (Å²) in [5.74, 6) is 1.91. The molecule has 1 atom stereocenters. The lowest BCUT2D eigenvalue weighted by Gasteiger charge is -2.33. The van der Waals surface area contributed by atoms with Crippen LogP contribution in [0.2, 0.25) is 0 Å². The number of carbonyl (C=O) groups excluding carboxylic acids is 1. The summed E-state index contributed by atoms with van der Waals surface area (Å²) in [6.45, 7) is 3.31. The molecule has 5 nitrogen and oxygen atoms in total. The van der Waals surface area contributed by atoms with E-state index < -0.39 is 0 Å². The van der Waals surface area contributed by atoms with E-state index in [-0.39, 0.29) is 24.2 Å². The Hall–Kier alpha value is -1.46. The molecule has 3 rings (SSSR count). The Bertz CT molecular complexity index is 559. The van der Waals surface area contributed by atoms with Crippen molar-refractivity contribution in [3.63, 3.8) is 0 Å². The van der Waals surface area contributed by atoms with Crippen LogP contribution in [0.3, 0.4) is 0 Å². The van der Waals surface area contributed by atoms with Gasteiger partial charge in [-0.05, 0) is 49.1 Å². The Morgan fingerprint density at radius 2 is 1.91 bits per heavy atom. The first-order valence-corrected chi connectivity index (χ1v) is 7.96. The van der Waals surface area contributed by atoms with Crippen molar-refractivity contribution in [2.75, 3.05) is 33.9 Å². The molecule has 1 fully saturated rings. The second kappa shape index (κ2) is 7.88. The lowest BCUT2D eigenvalue weighted by Crippen LogP contribution is -2.44. The molecule has 1 saturated heterocycles. The Balaban J connectivity index is 0.00000192. The number of piperidine rings is 1. The summed E-state index contributed by atoms with van der Waals surface area (Å²) in [4.78, 5) is 14.7. The zero-order valence-corrected chi connectivity index (χ0v) is 14.6. The molecule has 1 aromatic carbocycles. The lowest BCUT2D eigenvalue weighted by molar-refractivity contribution is -0.137. The van der Waals surface area contributed by atoms with E-state index in [0.717, 1.165) is 50.4 Å². The minimum atomic E-state index is 0. The predicted octanol–water partition coefficient (Wildman–Crippen LogP) is 2.01. The van der Waals surface area contributed by atoms with Gasteiger partial charge in [0.05, 0.1) is 20.1 Å². The molecule has 2 aliphatic heterocycles. The molecule has 0 aliphatic carbocycles. The third-order valence-electron chi connectivity index (χ3n) is 4.68. The van der Waals surface area contributed by atoms with Crippen molar-refractivity contribution in [1.82, 2.24) is 10.2 Å². The molecule has 2 aliphatic rings. The monoisotopic (exact) mass is 340 g/mol. The molecule has 23 heavy (non-hydrogen) atoms. The Labute approximate surface area is 143 Å². The highest BCUT2D eigenvalue weighted by Gasteiger charge is 2.29. The van der Waals surface area contributed by atoms with E-state index in [4.69, 9.17) is 9.47 Å². The highest BCUT2D eigenvalue weighted by molar-refractivity contribution is 5.85. The van der Waals surface area contributed by atoms with Crippen LogP contribution < -0.4 is 14.8 Å². The summed E-state index contributed by atoms with van der Waals surface area (Å²) >= 11 is 0. The van der Waals surface area contributed by atoms with E-state index in [1.54, 1.807) is 14.2 Å². The second-order valence-corrected chi connectivity index (χ2v) is 6.03. The summed E-state index contributed by atoms with van der Waals surface area (Å²) in [6, 6.07) is 4.05. The molecule has 0 saturated carbocycles. The molecule has 0 aromatic heterocycles. The maximum atomic E-state index is 12.7. The Morgan fingerprint density at radius 3 is 2.52 bits per heavy atom. The van der Waals surface area contributed by atoms with E-state index >= 15 is 0 Å². The van der Waals surface area contributed by atoms with Gasteiger partial charge < -0.3 is 19.7 Å². The fourth-order valence-corrected chi connectivity index (χ4v) is 3.39. The van der Waals surface area contributed by atoms with Crippen LogP contribution in [-0.4, -0.2) is 44.7 Å². The number of carbonyl (C=O) groups is 1. The smallest absolute Gasteiger partial charge is 0.227 e. The third-order valence-corrected chi connectivity index (χ3v) is 4.68. The Morgan fingerprint density at radius 1 is 1.22 bits per heavy atom. The summed E-state index contributed by atoms with van der Waals surface area (Å²) in [5, 5.41) is 3.32. The largest absolute Gasteiger partial charge is 0.493 e. The fraction of sp³-hybridized carbons (Fsp3) is 0.588. The number of benzene rings is 1. The van der Waals surface area contributed by atoms with Gasteiger partial charge in [0.25, 0.3) is 0 Å². The molecule has 1 amide bonds. The number of hydrogen-bond donors (Lipinski definition) is 1. The molecule has 1 N–H and O–H groups in total. The van der Waals surface area contributed by atoms with Gasteiger partial charge in [0.1, 0.15) is 0 Å². The molecular weight excluding hydrogens is 316 g/mol. The molecule has 128 valence electrons. The second-order valence-electron chi connectivity index (χ2n) is 6.03. The van der Waals surface area contributed by atoms with Gasteiger partial charge in [-0.25, -0.2) is 0 Å². The SMILES string of the molecule is COc1cc2c(cc1OC)CN(C(=O)[C@@H]1CCCNC1)CC2.Cl. The van der Waals surface area contributed by atoms with Crippen LogP contribution in [0.5, 0.6) is 11.5 Å². The van der Waals surface area contributed by atoms with Crippen LogP contribution in [0.25, 0.3) is 0 Å². The topological polar surface area (TPSA) is 50.8 Å². The van der Waals surface area contributed by atoms with E-state index in [2.05, 4.69) is 5.32 Å². The van der Waals surface area contributed by atoms with Gasteiger partial charge in [-0.15, -0.1) is 12.4 Å². The van der Waals surface area contributed by atoms with Crippen molar-refractivity contribution in [1.29, 1.82) is 0 Å². The number of halogens is 1. The van der Waals surface area contributed by atoms with Crippen LogP contribution in [0.15, 0.2) is 12.1 Å². The van der Waals surface area contributed by atoms with Crippen LogP contribution >= 0.6 is 12.4 Å². The highest BCUT2D eigenvalue weighted by Crippen LogP contribution is 2.33. The fourth-order valence-electron chi connectivity index (χ4n) is 3.39. The molecule has 6 heteroatoms. The summed E-state index contributed by atoms with van der Waals surface area (Å²) in [6.07, 6.45) is 2.97. The zero-order chi connectivity index (χ0) is 15.5. The number of amides is 1. The Kier molecular flexibility index (Phi) is 6.13. The molecule has 0 spiro atoms. The quantitative estimate of drug-likeness (QED) is 0.914. The van der Waals surface area contributed by atoms with E-state index in [1.165, 1.54) is 11.1 Å². The van der Waals surface area contributed by atoms with E-state index in [1.807, 2.05) is 17.0 Å². The van der Waals surface area contributed by atoms with Crippen molar-refractivity contribution in [2.24, 2.45) is 5.92 Å². The maximum absolute atomic E-state index is 12.7. The van der Waals surface area contributed by atoms with Gasteiger partial charge in [0.2, 0.25) is 5.91 Å². The predicted molar refractivity (Wildman–Crippen MR) is 91.5 cm³/mol. The van der Waals surface area contributed by atoms with E-state index in [9.17, 15) is 4.79 Å². The molecule has 2 heterocycles. The van der Waals surface area contributed by atoms with Crippen LogP contribution in [0.4, 0.5) is 0 Å². The number of ether oxygens (including phenoxy) is 2. The van der Waals surface area contributed by atoms with Crippen LogP contribution in [0.1, 0.15) is 24.0 Å². The van der Waals surface area contributed by atoms with Gasteiger partial charge >= 0.3 is 0 Å². The summed E-state index contributed by atoms with van der Waals surface area (Å²) in [7, 11) is 3.29. The third kappa shape index (κ3) is 3.72. The maximum Gasteiger partial charge on any atom is 0.227 e. The van der Waals surface area contributed by atoms with Crippen molar-refractivity contribution in [2.45, 2.75) is 25.8 Å². The minimum Gasteiger partial charge on any atom is -0.493 e. The average molecular weight is 341 g/mol. The van der Waals surface area contributed by atoms with Gasteiger partial charge in [-0.3, -0.25) is 4.79 Å². The van der Waals surface area contributed by atoms with Crippen molar-refractivity contribution in [3.8, 4) is 11.5 Å². The highest BCUT2D eigenvalue weighted by atomic mass is 35.5. The van der Waals surface area contributed by atoms with Crippen LogP contribution in [0, 0.1) is 5.92 Å². The van der Waals surface area contributed by atoms with Crippen molar-refractivity contribution >= 4 is 18.3 Å². The van der Waals surface area contributed by atoms with Gasteiger partial charge in [0, 0.05) is 19.6 Å². The number of methoxy groups -OCH3 is 2. The number of fused-ring (bicyclic) bond motifs is 1. The summed E-state index contributed by atoms with van der Waals surface area (Å²) in [5.41, 5.74) is 2.42.